The monoisotopic (exact) mass is 223 g/mol. The normalized spacial score (nSPS) is 13.0. The largest absolute Gasteiger partial charge is 0.508 e. The summed E-state index contributed by atoms with van der Waals surface area (Å²) in [5.74, 6) is 0.858. The molecule has 0 aliphatic rings. The second kappa shape index (κ2) is 6.51. The van der Waals surface area contributed by atoms with Gasteiger partial charge in [0.05, 0.1) is 6.10 Å². The summed E-state index contributed by atoms with van der Waals surface area (Å²) in [5, 5.41) is 22.1. The molecule has 3 N–H and O–H groups in total. The van der Waals surface area contributed by atoms with E-state index in [9.17, 15) is 5.11 Å². The zero-order chi connectivity index (χ0) is 12.0. The molecule has 0 bridgehead atoms. The molecule has 1 atom stereocenters. The third-order valence-corrected chi connectivity index (χ3v) is 2.34. The van der Waals surface area contributed by atoms with Gasteiger partial charge in [0, 0.05) is 6.54 Å². The highest BCUT2D eigenvalue weighted by atomic mass is 16.3. The van der Waals surface area contributed by atoms with Crippen LogP contribution in [0.4, 0.5) is 0 Å². The van der Waals surface area contributed by atoms with Crippen molar-refractivity contribution >= 4 is 0 Å². The quantitative estimate of drug-likeness (QED) is 0.685. The fourth-order valence-corrected chi connectivity index (χ4v) is 1.51. The van der Waals surface area contributed by atoms with Gasteiger partial charge in [0.15, 0.2) is 0 Å². The van der Waals surface area contributed by atoms with E-state index in [2.05, 4.69) is 19.2 Å². The van der Waals surface area contributed by atoms with Crippen molar-refractivity contribution in [3.63, 3.8) is 0 Å². The summed E-state index contributed by atoms with van der Waals surface area (Å²) in [6.07, 6.45) is 0.244. The predicted molar refractivity (Wildman–Crippen MR) is 65.5 cm³/mol. The van der Waals surface area contributed by atoms with E-state index >= 15 is 0 Å². The molecule has 0 radical (unpaired) electrons. The van der Waals surface area contributed by atoms with Crippen LogP contribution in [0.25, 0.3) is 0 Å². The number of hydrogen-bond acceptors (Lipinski definition) is 3. The van der Waals surface area contributed by atoms with Gasteiger partial charge in [0.2, 0.25) is 0 Å². The van der Waals surface area contributed by atoms with E-state index in [0.29, 0.717) is 18.9 Å². The lowest BCUT2D eigenvalue weighted by atomic mass is 10.1. The minimum atomic E-state index is -0.372. The zero-order valence-electron chi connectivity index (χ0n) is 9.98. The van der Waals surface area contributed by atoms with Crippen LogP contribution in [0, 0.1) is 5.92 Å². The first-order valence-corrected chi connectivity index (χ1v) is 5.74. The lowest BCUT2D eigenvalue weighted by Gasteiger charge is -2.13. The number of rotatable bonds is 6. The van der Waals surface area contributed by atoms with Crippen molar-refractivity contribution in [2.75, 3.05) is 13.1 Å². The molecule has 3 nitrogen and oxygen atoms in total. The number of aromatic hydroxyl groups is 1. The fraction of sp³-hybridized carbons (Fsp3) is 0.538. The summed E-state index contributed by atoms with van der Waals surface area (Å²) in [7, 11) is 0. The first-order valence-electron chi connectivity index (χ1n) is 5.74. The van der Waals surface area contributed by atoms with Gasteiger partial charge in [-0.05, 0) is 36.6 Å². The van der Waals surface area contributed by atoms with Crippen molar-refractivity contribution in [3.8, 4) is 5.75 Å². The van der Waals surface area contributed by atoms with Crippen LogP contribution in [0.5, 0.6) is 5.75 Å². The Balaban J connectivity index is 2.28. The molecule has 0 saturated carbocycles. The Bertz CT molecular complexity index is 295. The maximum atomic E-state index is 9.76. The summed E-state index contributed by atoms with van der Waals surface area (Å²) < 4.78 is 0. The SMILES string of the molecule is CC(C)CNCC(O)Cc1ccc(O)cc1. The van der Waals surface area contributed by atoms with Gasteiger partial charge < -0.3 is 15.5 Å². The first-order chi connectivity index (χ1) is 7.58. The molecule has 0 aromatic heterocycles. The van der Waals surface area contributed by atoms with Crippen molar-refractivity contribution in [3.05, 3.63) is 29.8 Å². The summed E-state index contributed by atoms with van der Waals surface area (Å²) in [4.78, 5) is 0. The molecule has 16 heavy (non-hydrogen) atoms. The average molecular weight is 223 g/mol. The van der Waals surface area contributed by atoms with Gasteiger partial charge in [-0.3, -0.25) is 0 Å². The number of aliphatic hydroxyl groups is 1. The molecule has 1 rings (SSSR count). The lowest BCUT2D eigenvalue weighted by molar-refractivity contribution is 0.170. The van der Waals surface area contributed by atoms with Gasteiger partial charge in [-0.2, -0.15) is 0 Å². The molecule has 0 saturated heterocycles. The Labute approximate surface area is 97.1 Å². The maximum Gasteiger partial charge on any atom is 0.115 e. The molecule has 90 valence electrons. The fourth-order valence-electron chi connectivity index (χ4n) is 1.51. The van der Waals surface area contributed by atoms with Crippen molar-refractivity contribution < 1.29 is 10.2 Å². The highest BCUT2D eigenvalue weighted by Crippen LogP contribution is 2.11. The molecule has 0 amide bonds. The van der Waals surface area contributed by atoms with Gasteiger partial charge >= 0.3 is 0 Å². The average Bonchev–Trinajstić information content (AvgIpc) is 2.21. The Hall–Kier alpha value is -1.06. The second-order valence-corrected chi connectivity index (χ2v) is 4.58. The van der Waals surface area contributed by atoms with Crippen LogP contribution >= 0.6 is 0 Å². The molecular formula is C13H21NO2. The molecule has 0 heterocycles. The van der Waals surface area contributed by atoms with Crippen LogP contribution in [0.2, 0.25) is 0 Å². The molecular weight excluding hydrogens is 202 g/mol. The van der Waals surface area contributed by atoms with Crippen molar-refractivity contribution in [1.29, 1.82) is 0 Å². The highest BCUT2D eigenvalue weighted by molar-refractivity contribution is 5.26. The number of phenolic OH excluding ortho intramolecular Hbond substituents is 1. The topological polar surface area (TPSA) is 52.5 Å². The summed E-state index contributed by atoms with van der Waals surface area (Å²) in [6.45, 7) is 5.81. The van der Waals surface area contributed by atoms with Gasteiger partial charge in [-0.25, -0.2) is 0 Å². The van der Waals surface area contributed by atoms with Crippen LogP contribution in [0.15, 0.2) is 24.3 Å². The van der Waals surface area contributed by atoms with E-state index in [1.54, 1.807) is 12.1 Å². The van der Waals surface area contributed by atoms with Crippen LogP contribution in [-0.2, 0) is 6.42 Å². The first kappa shape index (κ1) is 13.0. The summed E-state index contributed by atoms with van der Waals surface area (Å²) in [5.41, 5.74) is 1.04. The van der Waals surface area contributed by atoms with E-state index in [-0.39, 0.29) is 11.9 Å². The Kier molecular flexibility index (Phi) is 5.29. The zero-order valence-corrected chi connectivity index (χ0v) is 9.98. The van der Waals surface area contributed by atoms with Gasteiger partial charge in [-0.15, -0.1) is 0 Å². The smallest absolute Gasteiger partial charge is 0.115 e. The van der Waals surface area contributed by atoms with Gasteiger partial charge in [0.1, 0.15) is 5.75 Å². The molecule has 0 spiro atoms. The van der Waals surface area contributed by atoms with Crippen LogP contribution < -0.4 is 5.32 Å². The van der Waals surface area contributed by atoms with Crippen LogP contribution in [-0.4, -0.2) is 29.4 Å². The Morgan fingerprint density at radius 3 is 2.31 bits per heavy atom. The molecule has 3 heteroatoms. The molecule has 0 fully saturated rings. The third kappa shape index (κ3) is 5.14. The Morgan fingerprint density at radius 2 is 1.75 bits per heavy atom. The predicted octanol–water partition coefficient (Wildman–Crippen LogP) is 1.54. The standard InChI is InChI=1S/C13H21NO2/c1-10(2)8-14-9-13(16)7-11-3-5-12(15)6-4-11/h3-6,10,13-16H,7-9H2,1-2H3. The van der Waals surface area contributed by atoms with E-state index < -0.39 is 0 Å². The number of phenols is 1. The van der Waals surface area contributed by atoms with E-state index in [1.807, 2.05) is 12.1 Å². The van der Waals surface area contributed by atoms with Crippen molar-refractivity contribution in [2.45, 2.75) is 26.4 Å². The third-order valence-electron chi connectivity index (χ3n) is 2.34. The summed E-state index contributed by atoms with van der Waals surface area (Å²) >= 11 is 0. The molecule has 0 aliphatic heterocycles. The Morgan fingerprint density at radius 1 is 1.12 bits per heavy atom. The maximum absolute atomic E-state index is 9.76. The highest BCUT2D eigenvalue weighted by Gasteiger charge is 2.05. The number of nitrogens with one attached hydrogen (secondary N) is 1. The second-order valence-electron chi connectivity index (χ2n) is 4.58. The van der Waals surface area contributed by atoms with E-state index in [4.69, 9.17) is 5.11 Å². The molecule has 0 aliphatic carbocycles. The van der Waals surface area contributed by atoms with Crippen LogP contribution in [0.3, 0.4) is 0 Å². The van der Waals surface area contributed by atoms with Crippen molar-refractivity contribution in [2.24, 2.45) is 5.92 Å². The van der Waals surface area contributed by atoms with E-state index in [0.717, 1.165) is 12.1 Å². The number of hydrogen-bond donors (Lipinski definition) is 3. The molecule has 1 aromatic rings. The number of benzene rings is 1. The number of aliphatic hydroxyl groups excluding tert-OH is 1. The minimum absolute atomic E-state index is 0.260. The van der Waals surface area contributed by atoms with E-state index in [1.165, 1.54) is 0 Å². The van der Waals surface area contributed by atoms with Crippen molar-refractivity contribution in [1.82, 2.24) is 5.32 Å². The molecule has 1 unspecified atom stereocenters. The van der Waals surface area contributed by atoms with Crippen LogP contribution in [0.1, 0.15) is 19.4 Å². The minimum Gasteiger partial charge on any atom is -0.508 e. The lowest BCUT2D eigenvalue weighted by Crippen LogP contribution is -2.30. The van der Waals surface area contributed by atoms with Gasteiger partial charge in [-0.1, -0.05) is 26.0 Å². The summed E-state index contributed by atoms with van der Waals surface area (Å²) in [6, 6.07) is 6.95. The molecule has 1 aromatic carbocycles. The van der Waals surface area contributed by atoms with Gasteiger partial charge in [0.25, 0.3) is 0 Å².